The van der Waals surface area contributed by atoms with Gasteiger partial charge in [-0.15, -0.1) is 0 Å². The average Bonchev–Trinajstić information content (AvgIpc) is 2.48. The maximum atomic E-state index is 11.4. The maximum absolute atomic E-state index is 11.4. The SMILES string of the molecule is O=C1C(O)=C(O)C(=O)N1Cc1ccccc1. The highest BCUT2D eigenvalue weighted by Gasteiger charge is 2.38. The highest BCUT2D eigenvalue weighted by atomic mass is 16.3. The topological polar surface area (TPSA) is 77.8 Å². The van der Waals surface area contributed by atoms with Crippen molar-refractivity contribution in [1.29, 1.82) is 0 Å². The molecule has 1 heterocycles. The molecule has 0 spiro atoms. The predicted molar refractivity (Wildman–Crippen MR) is 54.3 cm³/mol. The van der Waals surface area contributed by atoms with Crippen molar-refractivity contribution in [2.24, 2.45) is 0 Å². The van der Waals surface area contributed by atoms with Gasteiger partial charge in [-0.1, -0.05) is 30.3 Å². The first-order chi connectivity index (χ1) is 7.61. The molecule has 82 valence electrons. The number of benzene rings is 1. The standard InChI is InChI=1S/C11H9NO4/c13-8-9(14)11(16)12(10(8)15)6-7-4-2-1-3-5-7/h1-5,13-14H,6H2. The van der Waals surface area contributed by atoms with E-state index in [0.29, 0.717) is 0 Å². The van der Waals surface area contributed by atoms with Gasteiger partial charge >= 0.3 is 0 Å². The Morgan fingerprint density at radius 2 is 1.44 bits per heavy atom. The van der Waals surface area contributed by atoms with Crippen molar-refractivity contribution in [1.82, 2.24) is 4.90 Å². The van der Waals surface area contributed by atoms with E-state index in [-0.39, 0.29) is 6.54 Å². The molecule has 5 nitrogen and oxygen atoms in total. The van der Waals surface area contributed by atoms with Crippen molar-refractivity contribution in [3.63, 3.8) is 0 Å². The number of aliphatic hydroxyl groups excluding tert-OH is 2. The first-order valence-electron chi connectivity index (χ1n) is 4.63. The van der Waals surface area contributed by atoms with Gasteiger partial charge in [-0.25, -0.2) is 0 Å². The molecule has 1 aromatic carbocycles. The Kier molecular flexibility index (Phi) is 2.36. The summed E-state index contributed by atoms with van der Waals surface area (Å²) in [5, 5.41) is 18.2. The van der Waals surface area contributed by atoms with E-state index in [2.05, 4.69) is 0 Å². The van der Waals surface area contributed by atoms with E-state index in [4.69, 9.17) is 10.2 Å². The summed E-state index contributed by atoms with van der Waals surface area (Å²) in [5.74, 6) is -3.51. The second-order valence-electron chi connectivity index (χ2n) is 3.38. The average molecular weight is 219 g/mol. The van der Waals surface area contributed by atoms with Crippen molar-refractivity contribution in [3.8, 4) is 0 Å². The number of imide groups is 1. The summed E-state index contributed by atoms with van der Waals surface area (Å²) >= 11 is 0. The third-order valence-corrected chi connectivity index (χ3v) is 2.30. The molecule has 0 saturated carbocycles. The van der Waals surface area contributed by atoms with Gasteiger partial charge in [0, 0.05) is 0 Å². The normalized spacial score (nSPS) is 16.1. The minimum absolute atomic E-state index is 0.0344. The first kappa shape index (κ1) is 10.2. The van der Waals surface area contributed by atoms with Crippen molar-refractivity contribution in [3.05, 3.63) is 47.4 Å². The van der Waals surface area contributed by atoms with Crippen LogP contribution in [-0.2, 0) is 16.1 Å². The number of nitrogens with zero attached hydrogens (tertiary/aromatic N) is 1. The maximum Gasteiger partial charge on any atom is 0.300 e. The van der Waals surface area contributed by atoms with E-state index in [1.165, 1.54) is 0 Å². The summed E-state index contributed by atoms with van der Waals surface area (Å²) < 4.78 is 0. The Labute approximate surface area is 91.2 Å². The fraction of sp³-hybridized carbons (Fsp3) is 0.0909. The highest BCUT2D eigenvalue weighted by Crippen LogP contribution is 2.18. The lowest BCUT2D eigenvalue weighted by Gasteiger charge is -2.13. The number of carbonyl (C=O) groups is 2. The Morgan fingerprint density at radius 1 is 0.938 bits per heavy atom. The Balaban J connectivity index is 2.21. The minimum atomic E-state index is -0.888. The molecule has 2 N–H and O–H groups in total. The van der Waals surface area contributed by atoms with Gasteiger partial charge in [0.15, 0.2) is 0 Å². The first-order valence-corrected chi connectivity index (χ1v) is 4.63. The Morgan fingerprint density at radius 3 is 1.94 bits per heavy atom. The van der Waals surface area contributed by atoms with Crippen LogP contribution in [0.25, 0.3) is 0 Å². The lowest BCUT2D eigenvalue weighted by molar-refractivity contribution is -0.140. The Hall–Kier alpha value is -2.30. The van der Waals surface area contributed by atoms with Gasteiger partial charge in [0.2, 0.25) is 11.5 Å². The van der Waals surface area contributed by atoms with E-state index in [9.17, 15) is 9.59 Å². The summed E-state index contributed by atoms with van der Waals surface area (Å²) in [6, 6.07) is 8.84. The van der Waals surface area contributed by atoms with E-state index in [1.54, 1.807) is 24.3 Å². The van der Waals surface area contributed by atoms with Crippen LogP contribution in [0.2, 0.25) is 0 Å². The molecular weight excluding hydrogens is 210 g/mol. The fourth-order valence-corrected chi connectivity index (χ4v) is 1.46. The van der Waals surface area contributed by atoms with Gasteiger partial charge in [0.25, 0.3) is 11.8 Å². The zero-order valence-electron chi connectivity index (χ0n) is 8.25. The molecule has 0 aliphatic carbocycles. The van der Waals surface area contributed by atoms with Crippen LogP contribution in [0.1, 0.15) is 5.56 Å². The second kappa shape index (κ2) is 3.69. The molecule has 1 aliphatic rings. The molecule has 2 amide bonds. The van der Waals surface area contributed by atoms with Crippen LogP contribution in [0.3, 0.4) is 0 Å². The highest BCUT2D eigenvalue weighted by molar-refractivity contribution is 6.16. The predicted octanol–water partition coefficient (Wildman–Crippen LogP) is 0.883. The van der Waals surface area contributed by atoms with Crippen molar-refractivity contribution >= 4 is 11.8 Å². The monoisotopic (exact) mass is 219 g/mol. The summed E-state index contributed by atoms with van der Waals surface area (Å²) in [4.78, 5) is 23.5. The van der Waals surface area contributed by atoms with Crippen LogP contribution in [0.15, 0.2) is 41.9 Å². The van der Waals surface area contributed by atoms with Crippen LogP contribution < -0.4 is 0 Å². The number of hydrogen-bond donors (Lipinski definition) is 2. The quantitative estimate of drug-likeness (QED) is 0.724. The van der Waals surface area contributed by atoms with Gasteiger partial charge in [0.05, 0.1) is 6.54 Å². The summed E-state index contributed by atoms with van der Waals surface area (Å²) in [5.41, 5.74) is 0.742. The zero-order valence-corrected chi connectivity index (χ0v) is 8.25. The molecule has 16 heavy (non-hydrogen) atoms. The van der Waals surface area contributed by atoms with E-state index in [0.717, 1.165) is 10.5 Å². The molecule has 0 bridgehead atoms. The summed E-state index contributed by atoms with van der Waals surface area (Å²) in [7, 11) is 0. The lowest BCUT2D eigenvalue weighted by atomic mass is 10.2. The molecule has 0 radical (unpaired) electrons. The van der Waals surface area contributed by atoms with Crippen molar-refractivity contribution in [2.45, 2.75) is 6.54 Å². The van der Waals surface area contributed by atoms with E-state index < -0.39 is 23.3 Å². The van der Waals surface area contributed by atoms with Crippen molar-refractivity contribution < 1.29 is 19.8 Å². The molecule has 0 unspecified atom stereocenters. The fourth-order valence-electron chi connectivity index (χ4n) is 1.46. The molecule has 1 aromatic rings. The largest absolute Gasteiger partial charge is 0.500 e. The number of carbonyl (C=O) groups excluding carboxylic acids is 2. The molecular formula is C11H9NO4. The van der Waals surface area contributed by atoms with Crippen molar-refractivity contribution in [2.75, 3.05) is 0 Å². The molecule has 0 saturated heterocycles. The second-order valence-corrected chi connectivity index (χ2v) is 3.38. The van der Waals surface area contributed by atoms with Crippen LogP contribution in [0.4, 0.5) is 0 Å². The van der Waals surface area contributed by atoms with Gasteiger partial charge in [0.1, 0.15) is 0 Å². The molecule has 0 aromatic heterocycles. The van der Waals surface area contributed by atoms with Crippen LogP contribution >= 0.6 is 0 Å². The molecule has 2 rings (SSSR count). The van der Waals surface area contributed by atoms with E-state index >= 15 is 0 Å². The molecule has 0 atom stereocenters. The third kappa shape index (κ3) is 1.52. The van der Waals surface area contributed by atoms with Crippen LogP contribution in [0, 0.1) is 0 Å². The van der Waals surface area contributed by atoms with Gasteiger partial charge < -0.3 is 10.2 Å². The smallest absolute Gasteiger partial charge is 0.300 e. The molecule has 1 aliphatic heterocycles. The van der Waals surface area contributed by atoms with Gasteiger partial charge in [-0.2, -0.15) is 0 Å². The summed E-state index contributed by atoms with van der Waals surface area (Å²) in [6.07, 6.45) is 0. The number of rotatable bonds is 2. The Bertz CT molecular complexity index is 454. The number of hydrogen-bond acceptors (Lipinski definition) is 4. The van der Waals surface area contributed by atoms with Gasteiger partial charge in [-0.3, -0.25) is 14.5 Å². The van der Waals surface area contributed by atoms with E-state index in [1.807, 2.05) is 6.07 Å². The molecule has 5 heteroatoms. The number of aliphatic hydroxyl groups is 2. The zero-order chi connectivity index (χ0) is 11.7. The minimum Gasteiger partial charge on any atom is -0.500 e. The third-order valence-electron chi connectivity index (χ3n) is 2.30. The lowest BCUT2D eigenvalue weighted by Crippen LogP contribution is -2.31. The van der Waals surface area contributed by atoms with Crippen LogP contribution in [0.5, 0.6) is 0 Å². The summed E-state index contributed by atoms with van der Waals surface area (Å²) in [6.45, 7) is 0.0344. The van der Waals surface area contributed by atoms with Crippen LogP contribution in [-0.4, -0.2) is 26.9 Å². The number of amides is 2. The van der Waals surface area contributed by atoms with Gasteiger partial charge in [-0.05, 0) is 5.56 Å². The molecule has 0 fully saturated rings.